The summed E-state index contributed by atoms with van der Waals surface area (Å²) in [7, 11) is 0. The minimum absolute atomic E-state index is 0.108. The number of rotatable bonds is 2. The van der Waals surface area contributed by atoms with Crippen LogP contribution in [-0.4, -0.2) is 19.9 Å². The van der Waals surface area contributed by atoms with E-state index >= 15 is 0 Å². The predicted octanol–water partition coefficient (Wildman–Crippen LogP) is 5.72. The number of halogens is 1. The lowest BCUT2D eigenvalue weighted by atomic mass is 10.1. The standard InChI is InChI=1S/C22H19ClN4S/c1-22(2,3)26-21-20(25-19-14-15(23)11-13-27(19)21)18-10-9-17(28-18)8-7-16-6-4-5-12-24-16/h4-6,9-14,26H,1-3H3. The topological polar surface area (TPSA) is 42.2 Å². The van der Waals surface area contributed by atoms with Crippen molar-refractivity contribution in [2.45, 2.75) is 26.3 Å². The third-order valence-electron chi connectivity index (χ3n) is 3.90. The van der Waals surface area contributed by atoms with Crippen LogP contribution < -0.4 is 5.32 Å². The number of nitrogens with zero attached hydrogens (tertiary/aromatic N) is 3. The minimum Gasteiger partial charge on any atom is -0.365 e. The maximum Gasteiger partial charge on any atom is 0.140 e. The fourth-order valence-electron chi connectivity index (χ4n) is 2.76. The van der Waals surface area contributed by atoms with Gasteiger partial charge in [-0.3, -0.25) is 4.40 Å². The summed E-state index contributed by atoms with van der Waals surface area (Å²) in [5.41, 5.74) is 2.36. The molecule has 0 fully saturated rings. The molecule has 0 bridgehead atoms. The number of imidazole rings is 1. The first-order valence-corrected chi connectivity index (χ1v) is 10.1. The van der Waals surface area contributed by atoms with Gasteiger partial charge in [0.25, 0.3) is 0 Å². The van der Waals surface area contributed by atoms with Crippen LogP contribution in [0.1, 0.15) is 31.3 Å². The number of thiophene rings is 1. The number of hydrogen-bond donors (Lipinski definition) is 1. The molecule has 0 amide bonds. The van der Waals surface area contributed by atoms with E-state index in [2.05, 4.69) is 49.0 Å². The highest BCUT2D eigenvalue weighted by atomic mass is 35.5. The predicted molar refractivity (Wildman–Crippen MR) is 117 cm³/mol. The summed E-state index contributed by atoms with van der Waals surface area (Å²) >= 11 is 7.78. The Morgan fingerprint density at radius 3 is 2.71 bits per heavy atom. The van der Waals surface area contributed by atoms with E-state index in [0.29, 0.717) is 5.02 Å². The zero-order valence-electron chi connectivity index (χ0n) is 15.8. The zero-order chi connectivity index (χ0) is 19.7. The van der Waals surface area contributed by atoms with Gasteiger partial charge >= 0.3 is 0 Å². The molecule has 0 radical (unpaired) electrons. The molecule has 4 heterocycles. The fraction of sp³-hybridized carbons (Fsp3) is 0.182. The van der Waals surface area contributed by atoms with Crippen molar-refractivity contribution >= 4 is 34.4 Å². The van der Waals surface area contributed by atoms with Gasteiger partial charge < -0.3 is 5.32 Å². The van der Waals surface area contributed by atoms with Crippen LogP contribution in [-0.2, 0) is 0 Å². The molecule has 0 unspecified atom stereocenters. The van der Waals surface area contributed by atoms with E-state index in [4.69, 9.17) is 16.6 Å². The van der Waals surface area contributed by atoms with Crippen molar-refractivity contribution in [3.05, 3.63) is 70.5 Å². The molecule has 28 heavy (non-hydrogen) atoms. The largest absolute Gasteiger partial charge is 0.365 e. The van der Waals surface area contributed by atoms with Gasteiger partial charge in [-0.2, -0.15) is 0 Å². The first-order chi connectivity index (χ1) is 13.4. The SMILES string of the molecule is CC(C)(C)Nc1c(-c2ccc(C#Cc3ccccn3)s2)nc2cc(Cl)ccn12. The van der Waals surface area contributed by atoms with E-state index in [1.165, 1.54) is 0 Å². The van der Waals surface area contributed by atoms with Crippen molar-refractivity contribution in [2.75, 3.05) is 5.32 Å². The Labute approximate surface area is 173 Å². The van der Waals surface area contributed by atoms with Crippen molar-refractivity contribution in [1.82, 2.24) is 14.4 Å². The first kappa shape index (κ1) is 18.5. The van der Waals surface area contributed by atoms with Crippen LogP contribution in [0.25, 0.3) is 16.2 Å². The lowest BCUT2D eigenvalue weighted by molar-refractivity contribution is 0.630. The van der Waals surface area contributed by atoms with E-state index in [1.54, 1.807) is 17.5 Å². The first-order valence-electron chi connectivity index (χ1n) is 8.88. The molecule has 0 saturated carbocycles. The summed E-state index contributed by atoms with van der Waals surface area (Å²) in [6.07, 6.45) is 3.69. The molecule has 0 aliphatic carbocycles. The molecule has 0 aliphatic rings. The summed E-state index contributed by atoms with van der Waals surface area (Å²) in [5, 5.41) is 4.24. The Bertz CT molecular complexity index is 1190. The van der Waals surface area contributed by atoms with Crippen LogP contribution in [0.5, 0.6) is 0 Å². The third-order valence-corrected chi connectivity index (χ3v) is 5.14. The highest BCUT2D eigenvalue weighted by Gasteiger charge is 2.20. The van der Waals surface area contributed by atoms with Crippen LogP contribution in [0.2, 0.25) is 5.02 Å². The Kier molecular flexibility index (Phi) is 4.84. The number of hydrogen-bond acceptors (Lipinski definition) is 4. The maximum atomic E-state index is 6.17. The second kappa shape index (κ2) is 7.31. The van der Waals surface area contributed by atoms with Gasteiger partial charge in [0, 0.05) is 29.0 Å². The van der Waals surface area contributed by atoms with Crippen LogP contribution in [0.15, 0.2) is 54.9 Å². The fourth-order valence-corrected chi connectivity index (χ4v) is 3.77. The molecule has 0 aromatic carbocycles. The van der Waals surface area contributed by atoms with Crippen molar-refractivity contribution in [3.8, 4) is 22.4 Å². The second-order valence-electron chi connectivity index (χ2n) is 7.39. The van der Waals surface area contributed by atoms with Crippen molar-refractivity contribution in [1.29, 1.82) is 0 Å². The Morgan fingerprint density at radius 2 is 1.96 bits per heavy atom. The van der Waals surface area contributed by atoms with Gasteiger partial charge in [-0.05, 0) is 62.9 Å². The second-order valence-corrected chi connectivity index (χ2v) is 8.91. The minimum atomic E-state index is -0.108. The molecular formula is C22H19ClN4S. The Hall–Kier alpha value is -2.81. The third kappa shape index (κ3) is 4.04. The van der Waals surface area contributed by atoms with Gasteiger partial charge in [0.05, 0.1) is 9.75 Å². The highest BCUT2D eigenvalue weighted by Crippen LogP contribution is 2.35. The van der Waals surface area contributed by atoms with Crippen molar-refractivity contribution in [2.24, 2.45) is 0 Å². The van der Waals surface area contributed by atoms with E-state index in [9.17, 15) is 0 Å². The van der Waals surface area contributed by atoms with Crippen LogP contribution in [0, 0.1) is 11.8 Å². The lowest BCUT2D eigenvalue weighted by Crippen LogP contribution is -2.27. The summed E-state index contributed by atoms with van der Waals surface area (Å²) in [4.78, 5) is 11.1. The average molecular weight is 407 g/mol. The molecule has 4 aromatic heterocycles. The quantitative estimate of drug-likeness (QED) is 0.433. The molecule has 1 N–H and O–H groups in total. The van der Waals surface area contributed by atoms with Gasteiger partial charge in [-0.25, -0.2) is 9.97 Å². The number of fused-ring (bicyclic) bond motifs is 1. The van der Waals surface area contributed by atoms with Crippen molar-refractivity contribution < 1.29 is 0 Å². The van der Waals surface area contributed by atoms with Crippen LogP contribution in [0.3, 0.4) is 0 Å². The summed E-state index contributed by atoms with van der Waals surface area (Å²) in [6.45, 7) is 6.39. The number of nitrogens with one attached hydrogen (secondary N) is 1. The summed E-state index contributed by atoms with van der Waals surface area (Å²) in [5.74, 6) is 7.24. The van der Waals surface area contributed by atoms with Gasteiger partial charge in [-0.15, -0.1) is 11.3 Å². The Balaban J connectivity index is 1.76. The van der Waals surface area contributed by atoms with Crippen LogP contribution >= 0.6 is 22.9 Å². The van der Waals surface area contributed by atoms with E-state index in [1.807, 2.05) is 47.0 Å². The van der Waals surface area contributed by atoms with Gasteiger partial charge in [0.15, 0.2) is 0 Å². The number of anilines is 1. The van der Waals surface area contributed by atoms with E-state index in [-0.39, 0.29) is 5.54 Å². The molecule has 140 valence electrons. The molecule has 4 nitrogen and oxygen atoms in total. The molecule has 6 heteroatoms. The Morgan fingerprint density at radius 1 is 1.11 bits per heavy atom. The summed E-state index contributed by atoms with van der Waals surface area (Å²) in [6, 6.07) is 13.5. The van der Waals surface area contributed by atoms with E-state index in [0.717, 1.165) is 32.6 Å². The maximum absolute atomic E-state index is 6.17. The number of aromatic nitrogens is 3. The average Bonchev–Trinajstić information content (AvgIpc) is 3.24. The molecule has 4 rings (SSSR count). The smallest absolute Gasteiger partial charge is 0.140 e. The molecule has 0 atom stereocenters. The lowest BCUT2D eigenvalue weighted by Gasteiger charge is -2.22. The molecule has 4 aromatic rings. The highest BCUT2D eigenvalue weighted by molar-refractivity contribution is 7.16. The monoisotopic (exact) mass is 406 g/mol. The molecule has 0 saturated heterocycles. The summed E-state index contributed by atoms with van der Waals surface area (Å²) < 4.78 is 2.03. The van der Waals surface area contributed by atoms with Gasteiger partial charge in [0.1, 0.15) is 22.9 Å². The van der Waals surface area contributed by atoms with Crippen molar-refractivity contribution in [3.63, 3.8) is 0 Å². The van der Waals surface area contributed by atoms with Gasteiger partial charge in [0.2, 0.25) is 0 Å². The van der Waals surface area contributed by atoms with E-state index < -0.39 is 0 Å². The molecular weight excluding hydrogens is 388 g/mol. The van der Waals surface area contributed by atoms with Crippen LogP contribution in [0.4, 0.5) is 5.82 Å². The molecule has 0 aliphatic heterocycles. The number of pyridine rings is 2. The zero-order valence-corrected chi connectivity index (χ0v) is 17.4. The normalized spacial score (nSPS) is 11.3. The van der Waals surface area contributed by atoms with Gasteiger partial charge in [-0.1, -0.05) is 17.7 Å². The molecule has 0 spiro atoms.